The molecular formula is C25H28N4O2S. The third-order valence-corrected chi connectivity index (χ3v) is 6.05. The van der Waals surface area contributed by atoms with Crippen molar-refractivity contribution in [2.75, 3.05) is 5.75 Å². The van der Waals surface area contributed by atoms with Gasteiger partial charge < -0.3 is 10.5 Å². The molecule has 32 heavy (non-hydrogen) atoms. The van der Waals surface area contributed by atoms with Crippen molar-refractivity contribution < 1.29 is 9.53 Å². The van der Waals surface area contributed by atoms with Crippen LogP contribution in [0.2, 0.25) is 0 Å². The van der Waals surface area contributed by atoms with Crippen molar-refractivity contribution in [2.24, 2.45) is 10.7 Å². The monoisotopic (exact) mass is 448 g/mol. The van der Waals surface area contributed by atoms with E-state index in [2.05, 4.69) is 21.9 Å². The van der Waals surface area contributed by atoms with Crippen LogP contribution in [0.4, 0.5) is 0 Å². The lowest BCUT2D eigenvalue weighted by Crippen LogP contribution is -2.28. The van der Waals surface area contributed by atoms with Crippen LogP contribution in [0.25, 0.3) is 0 Å². The Labute approximate surface area is 193 Å². The third-order valence-electron chi connectivity index (χ3n) is 5.25. The van der Waals surface area contributed by atoms with Crippen LogP contribution in [0.1, 0.15) is 48.0 Å². The Morgan fingerprint density at radius 2 is 1.88 bits per heavy atom. The maximum atomic E-state index is 12.7. The van der Waals surface area contributed by atoms with Crippen LogP contribution in [0, 0.1) is 0 Å². The van der Waals surface area contributed by atoms with E-state index in [-0.39, 0.29) is 25.2 Å². The molecule has 0 fully saturated rings. The summed E-state index contributed by atoms with van der Waals surface area (Å²) in [6.45, 7) is 2.49. The molecule has 1 atom stereocenters. The minimum absolute atomic E-state index is 0. The van der Waals surface area contributed by atoms with Gasteiger partial charge in [0.2, 0.25) is 5.88 Å². The highest BCUT2D eigenvalue weighted by Crippen LogP contribution is 2.35. The largest absolute Gasteiger partial charge is 0.472 e. The van der Waals surface area contributed by atoms with Crippen LogP contribution < -0.4 is 10.5 Å². The fourth-order valence-electron chi connectivity index (χ4n) is 3.45. The van der Waals surface area contributed by atoms with E-state index in [0.29, 0.717) is 23.3 Å². The molecule has 0 radical (unpaired) electrons. The first kappa shape index (κ1) is 23.5. The van der Waals surface area contributed by atoms with Gasteiger partial charge in [-0.3, -0.25) is 9.79 Å². The van der Waals surface area contributed by atoms with E-state index in [1.165, 1.54) is 12.4 Å². The minimum Gasteiger partial charge on any atom is -0.472 e. The number of ether oxygens (including phenoxy) is 1. The first-order valence-electron chi connectivity index (χ1n) is 10.1. The summed E-state index contributed by atoms with van der Waals surface area (Å²) in [5.41, 5.74) is 8.93. The normalized spacial score (nSPS) is 17.7. The maximum Gasteiger partial charge on any atom is 0.232 e. The molecule has 0 saturated carbocycles. The lowest BCUT2D eigenvalue weighted by atomic mass is 9.88. The van der Waals surface area contributed by atoms with E-state index in [1.807, 2.05) is 54.6 Å². The standard InChI is InChI=1S/C24H24N4O2S.CH4/c1-24(10-11-31-23(25)28-24)19-9-5-8-18(12-19)13-21(29)20-14-27-22(15-26-20)30-16-17-6-3-2-4-7-17;/h2-9,12,14-15H,10-11,13,16H2,1H3,(H2,25,28);1H4/t24-;/m0./s1. The average molecular weight is 449 g/mol. The number of thioether (sulfide) groups is 1. The maximum absolute atomic E-state index is 12.7. The number of hydrogen-bond donors (Lipinski definition) is 1. The summed E-state index contributed by atoms with van der Waals surface area (Å²) in [4.78, 5) is 25.9. The molecule has 0 bridgehead atoms. The minimum atomic E-state index is -0.355. The summed E-state index contributed by atoms with van der Waals surface area (Å²) in [7, 11) is 0. The summed E-state index contributed by atoms with van der Waals surface area (Å²) in [5, 5.41) is 0.611. The van der Waals surface area contributed by atoms with Crippen molar-refractivity contribution in [1.82, 2.24) is 9.97 Å². The van der Waals surface area contributed by atoms with Gasteiger partial charge in [0.15, 0.2) is 11.0 Å². The van der Waals surface area contributed by atoms with Crippen LogP contribution in [0.5, 0.6) is 5.88 Å². The summed E-state index contributed by atoms with van der Waals surface area (Å²) >= 11 is 1.58. The summed E-state index contributed by atoms with van der Waals surface area (Å²) in [5.74, 6) is 1.23. The van der Waals surface area contributed by atoms with Crippen LogP contribution in [-0.2, 0) is 18.6 Å². The molecule has 0 unspecified atom stereocenters. The molecule has 6 nitrogen and oxygen atoms in total. The van der Waals surface area contributed by atoms with Crippen molar-refractivity contribution in [1.29, 1.82) is 0 Å². The Morgan fingerprint density at radius 3 is 2.59 bits per heavy atom. The quantitative estimate of drug-likeness (QED) is 0.523. The lowest BCUT2D eigenvalue weighted by Gasteiger charge is -2.30. The Kier molecular flexibility index (Phi) is 7.64. The van der Waals surface area contributed by atoms with E-state index in [9.17, 15) is 4.79 Å². The topological polar surface area (TPSA) is 90.5 Å². The van der Waals surface area contributed by atoms with Crippen molar-refractivity contribution in [3.8, 4) is 5.88 Å². The number of carbonyl (C=O) groups is 1. The molecular weight excluding hydrogens is 420 g/mol. The van der Waals surface area contributed by atoms with Gasteiger partial charge in [-0.05, 0) is 30.0 Å². The Morgan fingerprint density at radius 1 is 1.09 bits per heavy atom. The number of Topliss-reactive ketones (excluding diaryl/α,β-unsaturated/α-hetero) is 1. The molecule has 4 rings (SSSR count). The summed E-state index contributed by atoms with van der Waals surface area (Å²) in [6, 6.07) is 17.8. The van der Waals surface area contributed by atoms with Crippen LogP contribution in [-0.4, -0.2) is 26.7 Å². The summed E-state index contributed by atoms with van der Waals surface area (Å²) < 4.78 is 5.64. The van der Waals surface area contributed by atoms with Crippen LogP contribution in [0.3, 0.4) is 0 Å². The second kappa shape index (κ2) is 10.4. The number of nitrogens with two attached hydrogens (primary N) is 1. The number of hydrogen-bond acceptors (Lipinski definition) is 7. The second-order valence-corrected chi connectivity index (χ2v) is 8.75. The molecule has 2 heterocycles. The predicted molar refractivity (Wildman–Crippen MR) is 130 cm³/mol. The Hall–Kier alpha value is -3.19. The zero-order valence-electron chi connectivity index (χ0n) is 17.3. The smallest absolute Gasteiger partial charge is 0.232 e. The molecule has 0 aliphatic carbocycles. The van der Waals surface area contributed by atoms with Crippen molar-refractivity contribution in [2.45, 2.75) is 39.3 Å². The van der Waals surface area contributed by atoms with Gasteiger partial charge in [-0.1, -0.05) is 73.8 Å². The van der Waals surface area contributed by atoms with E-state index >= 15 is 0 Å². The van der Waals surface area contributed by atoms with Gasteiger partial charge in [-0.2, -0.15) is 0 Å². The lowest BCUT2D eigenvalue weighted by molar-refractivity contribution is 0.0987. The fourth-order valence-corrected chi connectivity index (χ4v) is 4.43. The molecule has 1 aliphatic rings. The van der Waals surface area contributed by atoms with Gasteiger partial charge in [-0.15, -0.1) is 0 Å². The SMILES string of the molecule is C.C[C@@]1(c2cccc(CC(=O)c3cnc(OCc4ccccc4)cn3)c2)CCSC(N)=N1. The highest BCUT2D eigenvalue weighted by molar-refractivity contribution is 8.13. The Balaban J connectivity index is 0.00000289. The van der Waals surface area contributed by atoms with E-state index < -0.39 is 0 Å². The molecule has 2 aromatic carbocycles. The van der Waals surface area contributed by atoms with E-state index in [4.69, 9.17) is 10.5 Å². The molecule has 1 aromatic heterocycles. The predicted octanol–water partition coefficient (Wildman–Crippen LogP) is 4.78. The first-order chi connectivity index (χ1) is 15.0. The van der Waals surface area contributed by atoms with Gasteiger partial charge in [0.05, 0.1) is 17.9 Å². The van der Waals surface area contributed by atoms with Crippen molar-refractivity contribution >= 4 is 22.7 Å². The number of nitrogens with zero attached hydrogens (tertiary/aromatic N) is 3. The van der Waals surface area contributed by atoms with Gasteiger partial charge in [0, 0.05) is 12.2 Å². The Bertz CT molecular complexity index is 1090. The molecule has 0 saturated heterocycles. The molecule has 7 heteroatoms. The number of aromatic nitrogens is 2. The summed E-state index contributed by atoms with van der Waals surface area (Å²) in [6.07, 6.45) is 4.12. The van der Waals surface area contributed by atoms with Crippen molar-refractivity contribution in [3.05, 3.63) is 89.4 Å². The molecule has 166 valence electrons. The molecule has 2 N–H and O–H groups in total. The van der Waals surface area contributed by atoms with E-state index in [0.717, 1.165) is 28.9 Å². The third kappa shape index (κ3) is 5.73. The van der Waals surface area contributed by atoms with Gasteiger partial charge in [-0.25, -0.2) is 9.97 Å². The number of carbonyl (C=O) groups excluding carboxylic acids is 1. The zero-order valence-corrected chi connectivity index (χ0v) is 18.1. The number of rotatable bonds is 7. The van der Waals surface area contributed by atoms with Crippen LogP contribution >= 0.6 is 11.8 Å². The first-order valence-corrected chi connectivity index (χ1v) is 11.1. The van der Waals surface area contributed by atoms with Crippen LogP contribution in [0.15, 0.2) is 72.0 Å². The average Bonchev–Trinajstić information content (AvgIpc) is 2.79. The second-order valence-electron chi connectivity index (χ2n) is 7.64. The fraction of sp³-hybridized carbons (Fsp3) is 0.280. The number of ketones is 1. The van der Waals surface area contributed by atoms with Gasteiger partial charge in [0.1, 0.15) is 12.3 Å². The molecule has 3 aromatic rings. The number of benzene rings is 2. The van der Waals surface area contributed by atoms with Crippen molar-refractivity contribution in [3.63, 3.8) is 0 Å². The van der Waals surface area contributed by atoms with Gasteiger partial charge in [0.25, 0.3) is 0 Å². The molecule has 1 aliphatic heterocycles. The molecule has 0 amide bonds. The highest BCUT2D eigenvalue weighted by atomic mass is 32.2. The number of amidine groups is 1. The van der Waals surface area contributed by atoms with Gasteiger partial charge >= 0.3 is 0 Å². The highest BCUT2D eigenvalue weighted by Gasteiger charge is 2.29. The van der Waals surface area contributed by atoms with E-state index in [1.54, 1.807) is 11.8 Å². The number of aliphatic imine (C=N–C) groups is 1. The molecule has 0 spiro atoms. The zero-order chi connectivity index (χ0) is 21.7.